The van der Waals surface area contributed by atoms with E-state index >= 15 is 0 Å². The minimum Gasteiger partial charge on any atom is -0.377 e. The quantitative estimate of drug-likeness (QED) is 0.276. The van der Waals surface area contributed by atoms with Gasteiger partial charge in [0.1, 0.15) is 0 Å². The highest BCUT2D eigenvalue weighted by atomic mass is 32.2. The van der Waals surface area contributed by atoms with Crippen LogP contribution in [-0.4, -0.2) is 22.5 Å². The summed E-state index contributed by atoms with van der Waals surface area (Å²) in [5, 5.41) is 4.22. The van der Waals surface area contributed by atoms with E-state index in [0.717, 1.165) is 55.0 Å². The zero-order valence-corrected chi connectivity index (χ0v) is 22.1. The molecule has 0 aliphatic heterocycles. The number of anilines is 2. The summed E-state index contributed by atoms with van der Waals surface area (Å²) < 4.78 is 30.6. The van der Waals surface area contributed by atoms with Crippen LogP contribution in [0.3, 0.4) is 0 Å². The molecule has 0 radical (unpaired) electrons. The largest absolute Gasteiger partial charge is 0.377 e. The summed E-state index contributed by atoms with van der Waals surface area (Å²) in [4.78, 5) is 2.41. The number of fused-ring (bicyclic) bond motifs is 2. The number of rotatable bonds is 5. The predicted molar refractivity (Wildman–Crippen MR) is 153 cm³/mol. The first kappa shape index (κ1) is 23.9. The minimum absolute atomic E-state index is 0.331. The number of nitrogens with one attached hydrogen (secondary N) is 1. The van der Waals surface area contributed by atoms with Gasteiger partial charge >= 0.3 is 0 Å². The third kappa shape index (κ3) is 4.10. The molecule has 0 saturated heterocycles. The molecular weight excluding hydrogens is 464 g/mol. The second kappa shape index (κ2) is 8.99. The number of hydrogen-bond acceptors (Lipinski definition) is 3. The van der Waals surface area contributed by atoms with E-state index in [1.165, 1.54) is 0 Å². The lowest BCUT2D eigenvalue weighted by Gasteiger charge is -2.24. The zero-order chi connectivity index (χ0) is 25.6. The standard InChI is InChI=1S/C31H30N2O2S/c1-20-18-21(2)31(22(3)19-20)36(34,35)32-27-16-14-23-10-6-8-12-25(23)29(27)30-26-13-9-7-11-24(26)15-17-28(30)33(4)5/h6-19,32H,1-5H3. The Morgan fingerprint density at radius 1 is 0.667 bits per heavy atom. The second-order valence-corrected chi connectivity index (χ2v) is 11.2. The Morgan fingerprint density at radius 2 is 1.19 bits per heavy atom. The number of benzene rings is 5. The molecule has 0 saturated carbocycles. The van der Waals surface area contributed by atoms with Crippen LogP contribution in [0.1, 0.15) is 16.7 Å². The molecule has 0 fully saturated rings. The summed E-state index contributed by atoms with van der Waals surface area (Å²) in [6.45, 7) is 5.68. The van der Waals surface area contributed by atoms with Gasteiger partial charge in [0.15, 0.2) is 0 Å². The summed E-state index contributed by atoms with van der Waals surface area (Å²) in [5.74, 6) is 0. The van der Waals surface area contributed by atoms with Crippen molar-refractivity contribution in [3.05, 3.63) is 102 Å². The zero-order valence-electron chi connectivity index (χ0n) is 21.3. The van der Waals surface area contributed by atoms with Gasteiger partial charge in [-0.3, -0.25) is 4.72 Å². The molecule has 0 aliphatic rings. The monoisotopic (exact) mass is 494 g/mol. The van der Waals surface area contributed by atoms with Crippen LogP contribution in [0.15, 0.2) is 89.8 Å². The number of sulfonamides is 1. The summed E-state index contributed by atoms with van der Waals surface area (Å²) in [7, 11) is 0.190. The summed E-state index contributed by atoms with van der Waals surface area (Å²) >= 11 is 0. The van der Waals surface area contributed by atoms with Crippen molar-refractivity contribution >= 4 is 42.9 Å². The van der Waals surface area contributed by atoms with Crippen molar-refractivity contribution in [2.24, 2.45) is 0 Å². The highest BCUT2D eigenvalue weighted by Gasteiger charge is 2.24. The summed E-state index contributed by atoms with van der Waals surface area (Å²) in [6, 6.07) is 28.3. The van der Waals surface area contributed by atoms with Crippen LogP contribution in [0, 0.1) is 20.8 Å². The molecule has 0 spiro atoms. The van der Waals surface area contributed by atoms with Crippen molar-refractivity contribution in [1.29, 1.82) is 0 Å². The highest BCUT2D eigenvalue weighted by Crippen LogP contribution is 2.45. The Labute approximate surface area is 213 Å². The van der Waals surface area contributed by atoms with Crippen LogP contribution >= 0.6 is 0 Å². The van der Waals surface area contributed by atoms with E-state index in [1.54, 1.807) is 0 Å². The fourth-order valence-electron chi connectivity index (χ4n) is 5.31. The molecule has 0 aromatic heterocycles. The van der Waals surface area contributed by atoms with Gasteiger partial charge in [0.25, 0.3) is 10.0 Å². The average Bonchev–Trinajstić information content (AvgIpc) is 2.82. The van der Waals surface area contributed by atoms with Gasteiger partial charge in [-0.25, -0.2) is 8.42 Å². The maximum absolute atomic E-state index is 13.8. The average molecular weight is 495 g/mol. The lowest BCUT2D eigenvalue weighted by atomic mass is 9.91. The Bertz CT molecular complexity index is 1710. The predicted octanol–water partition coefficient (Wildman–Crippen LogP) is 7.45. The maximum atomic E-state index is 13.8. The molecule has 5 aromatic rings. The van der Waals surface area contributed by atoms with E-state index in [4.69, 9.17) is 0 Å². The van der Waals surface area contributed by atoms with E-state index in [9.17, 15) is 8.42 Å². The summed E-state index contributed by atoms with van der Waals surface area (Å²) in [5.41, 5.74) is 5.98. The molecule has 1 N–H and O–H groups in total. The van der Waals surface area contributed by atoms with E-state index in [1.807, 2.05) is 83.4 Å². The Morgan fingerprint density at radius 3 is 1.78 bits per heavy atom. The highest BCUT2D eigenvalue weighted by molar-refractivity contribution is 7.92. The number of hydrogen-bond donors (Lipinski definition) is 1. The van der Waals surface area contributed by atoms with Gasteiger partial charge in [0.2, 0.25) is 0 Å². The van der Waals surface area contributed by atoms with Gasteiger partial charge in [0.05, 0.1) is 10.6 Å². The third-order valence-electron chi connectivity index (χ3n) is 6.69. The lowest BCUT2D eigenvalue weighted by molar-refractivity contribution is 0.600. The second-order valence-electron chi connectivity index (χ2n) is 9.62. The normalized spacial score (nSPS) is 11.7. The fourth-order valence-corrected chi connectivity index (χ4v) is 6.84. The van der Waals surface area contributed by atoms with Crippen molar-refractivity contribution in [1.82, 2.24) is 0 Å². The third-order valence-corrected chi connectivity index (χ3v) is 8.36. The van der Waals surface area contributed by atoms with Crippen LogP contribution in [0.2, 0.25) is 0 Å². The van der Waals surface area contributed by atoms with Crippen molar-refractivity contribution < 1.29 is 8.42 Å². The van der Waals surface area contributed by atoms with Crippen LogP contribution in [0.25, 0.3) is 32.7 Å². The molecule has 5 aromatic carbocycles. The first-order valence-electron chi connectivity index (χ1n) is 12.0. The van der Waals surface area contributed by atoms with E-state index in [-0.39, 0.29) is 0 Å². The lowest BCUT2D eigenvalue weighted by Crippen LogP contribution is -2.17. The number of aryl methyl sites for hydroxylation is 3. The van der Waals surface area contributed by atoms with Crippen molar-refractivity contribution in [2.75, 3.05) is 23.7 Å². The van der Waals surface area contributed by atoms with Crippen molar-refractivity contribution in [2.45, 2.75) is 25.7 Å². The molecule has 5 rings (SSSR count). The summed E-state index contributed by atoms with van der Waals surface area (Å²) in [6.07, 6.45) is 0. The first-order chi connectivity index (χ1) is 17.2. The number of nitrogens with zero attached hydrogens (tertiary/aromatic N) is 1. The van der Waals surface area contributed by atoms with Gasteiger partial charge in [0, 0.05) is 30.9 Å². The van der Waals surface area contributed by atoms with Gasteiger partial charge in [-0.1, -0.05) is 78.4 Å². The Balaban J connectivity index is 1.84. The SMILES string of the molecule is Cc1cc(C)c(S(=O)(=O)Nc2ccc3ccccc3c2-c2c(N(C)C)ccc3ccccc23)c(C)c1. The van der Waals surface area contributed by atoms with E-state index in [2.05, 4.69) is 46.0 Å². The molecule has 0 unspecified atom stereocenters. The molecule has 0 heterocycles. The van der Waals surface area contributed by atoms with Gasteiger partial charge in [-0.05, 0) is 65.6 Å². The van der Waals surface area contributed by atoms with Crippen molar-refractivity contribution in [3.8, 4) is 11.1 Å². The van der Waals surface area contributed by atoms with Crippen LogP contribution < -0.4 is 9.62 Å². The topological polar surface area (TPSA) is 49.4 Å². The van der Waals surface area contributed by atoms with E-state index in [0.29, 0.717) is 10.6 Å². The van der Waals surface area contributed by atoms with Crippen molar-refractivity contribution in [3.63, 3.8) is 0 Å². The maximum Gasteiger partial charge on any atom is 0.262 e. The first-order valence-corrected chi connectivity index (χ1v) is 13.5. The van der Waals surface area contributed by atoms with E-state index < -0.39 is 10.0 Å². The molecule has 0 amide bonds. The van der Waals surface area contributed by atoms with Gasteiger partial charge < -0.3 is 4.90 Å². The Hall–Kier alpha value is -3.83. The molecule has 0 aliphatic carbocycles. The molecule has 0 atom stereocenters. The molecule has 182 valence electrons. The molecule has 5 heteroatoms. The van der Waals surface area contributed by atoms with Gasteiger partial charge in [-0.2, -0.15) is 0 Å². The van der Waals surface area contributed by atoms with Crippen LogP contribution in [0.5, 0.6) is 0 Å². The molecule has 4 nitrogen and oxygen atoms in total. The van der Waals surface area contributed by atoms with Crippen LogP contribution in [-0.2, 0) is 10.0 Å². The molecule has 36 heavy (non-hydrogen) atoms. The smallest absolute Gasteiger partial charge is 0.262 e. The van der Waals surface area contributed by atoms with Crippen LogP contribution in [0.4, 0.5) is 11.4 Å². The molecular formula is C31H30N2O2S. The fraction of sp³-hybridized carbons (Fsp3) is 0.161. The van der Waals surface area contributed by atoms with Gasteiger partial charge in [-0.15, -0.1) is 0 Å². The molecule has 0 bridgehead atoms. The Kier molecular flexibility index (Phi) is 5.97. The minimum atomic E-state index is -3.84.